The van der Waals surface area contributed by atoms with Gasteiger partial charge in [0, 0.05) is 17.3 Å². The van der Waals surface area contributed by atoms with Crippen LogP contribution in [0.25, 0.3) is 0 Å². The minimum atomic E-state index is -5.24. The summed E-state index contributed by atoms with van der Waals surface area (Å²) >= 11 is 11.3. The number of hydrogen-bond donors (Lipinski definition) is 0. The maximum Gasteiger partial charge on any atom is 0.435 e. The van der Waals surface area contributed by atoms with Gasteiger partial charge in [-0.25, -0.2) is 12.8 Å². The first-order valence-corrected chi connectivity index (χ1v) is 14.0. The minimum Gasteiger partial charge on any atom is -0.374 e. The molecular weight excluding hydrogens is 618 g/mol. The molecule has 0 saturated carbocycles. The minimum absolute atomic E-state index is 0.0125. The van der Waals surface area contributed by atoms with Crippen molar-refractivity contribution in [3.63, 3.8) is 0 Å². The highest BCUT2D eigenvalue weighted by molar-refractivity contribution is 7.92. The predicted molar refractivity (Wildman–Crippen MR) is 127 cm³/mol. The van der Waals surface area contributed by atoms with Gasteiger partial charge in [-0.15, -0.1) is 0 Å². The van der Waals surface area contributed by atoms with Crippen molar-refractivity contribution in [1.29, 1.82) is 0 Å². The number of halogens is 9. The van der Waals surface area contributed by atoms with E-state index in [1.807, 2.05) is 0 Å². The van der Waals surface area contributed by atoms with Crippen LogP contribution in [0.3, 0.4) is 0 Å². The molecule has 1 unspecified atom stereocenters. The van der Waals surface area contributed by atoms with Crippen LogP contribution >= 0.6 is 23.2 Å². The Morgan fingerprint density at radius 1 is 1.07 bits per heavy atom. The van der Waals surface area contributed by atoms with E-state index in [9.17, 15) is 39.6 Å². The quantitative estimate of drug-likeness (QED) is 0.440. The van der Waals surface area contributed by atoms with Gasteiger partial charge in [-0.1, -0.05) is 28.4 Å². The Morgan fingerprint density at radius 2 is 1.73 bits per heavy atom. The molecular formula is C23H16Cl2F7N3O4S. The van der Waals surface area contributed by atoms with Crippen LogP contribution in [0, 0.1) is 5.92 Å². The second kappa shape index (κ2) is 9.18. The number of carbonyl (C=O) groups is 1. The van der Waals surface area contributed by atoms with Gasteiger partial charge in [-0.3, -0.25) is 9.78 Å². The van der Waals surface area contributed by atoms with Crippen molar-refractivity contribution in [1.82, 2.24) is 9.88 Å². The van der Waals surface area contributed by atoms with E-state index < -0.39 is 72.9 Å². The molecule has 40 heavy (non-hydrogen) atoms. The second-order valence-corrected chi connectivity index (χ2v) is 12.8. The van der Waals surface area contributed by atoms with Crippen LogP contribution < -0.4 is 0 Å². The molecule has 3 aliphatic heterocycles. The Labute approximate surface area is 231 Å². The molecule has 2 aromatic rings. The molecule has 2 saturated heterocycles. The number of likely N-dealkylation sites (tertiary alicyclic amines) is 1. The maximum absolute atomic E-state index is 15.3. The van der Waals surface area contributed by atoms with Crippen LogP contribution in [-0.2, 0) is 36.9 Å². The number of alkyl halides is 7. The highest BCUT2D eigenvalue weighted by Crippen LogP contribution is 2.51. The zero-order valence-corrected chi connectivity index (χ0v) is 22.1. The summed E-state index contributed by atoms with van der Waals surface area (Å²) in [7, 11) is -3.24. The SMILES string of the molecule is O=C(C1CS(=O)(=O)C1)N1CC(F)(c2ccc(C3=NOC(c4cc(Cl)c(Cl)c(C(F)(F)F)c4)(C(F)(F)F)C3)cn2)C1. The van der Waals surface area contributed by atoms with Gasteiger partial charge in [0.15, 0.2) is 15.5 Å². The Hall–Kier alpha value is -2.65. The Balaban J connectivity index is 1.34. The van der Waals surface area contributed by atoms with Gasteiger partial charge in [-0.2, -0.15) is 26.3 Å². The molecule has 0 spiro atoms. The van der Waals surface area contributed by atoms with Gasteiger partial charge < -0.3 is 9.74 Å². The molecule has 1 aromatic heterocycles. The molecule has 0 aliphatic carbocycles. The van der Waals surface area contributed by atoms with Crippen molar-refractivity contribution in [2.75, 3.05) is 24.6 Å². The highest BCUT2D eigenvalue weighted by Gasteiger charge is 2.63. The highest BCUT2D eigenvalue weighted by atomic mass is 35.5. The second-order valence-electron chi connectivity index (χ2n) is 9.81. The molecule has 0 radical (unpaired) electrons. The molecule has 7 nitrogen and oxygen atoms in total. The fourth-order valence-corrected chi connectivity index (χ4v) is 6.61. The fourth-order valence-electron chi connectivity index (χ4n) is 4.76. The molecule has 4 heterocycles. The lowest BCUT2D eigenvalue weighted by molar-refractivity contribution is -0.276. The standard InChI is InChI=1S/C23H16Cl2F7N3O4S/c24-15-4-13(3-14(18(15)25)22(27,28)29)21(23(30,31)32)5-16(34-39-21)11-1-2-17(33-6-11)20(26)9-35(10-20)19(36)12-7-40(37,38)8-12/h1-4,6,12H,5,7-10H2. The zero-order chi connectivity index (χ0) is 29.5. The number of rotatable bonds is 4. The third-order valence-corrected chi connectivity index (χ3v) is 9.62. The summed E-state index contributed by atoms with van der Waals surface area (Å²) in [4.78, 5) is 22.2. The molecule has 5 rings (SSSR count). The smallest absolute Gasteiger partial charge is 0.374 e. The van der Waals surface area contributed by atoms with Gasteiger partial charge in [0.05, 0.1) is 63.9 Å². The number of carbonyl (C=O) groups excluding carboxylic acids is 1. The van der Waals surface area contributed by atoms with Gasteiger partial charge in [0.1, 0.15) is 0 Å². The van der Waals surface area contributed by atoms with Crippen molar-refractivity contribution < 1.29 is 48.8 Å². The van der Waals surface area contributed by atoms with Crippen LogP contribution in [0.4, 0.5) is 30.7 Å². The summed E-state index contributed by atoms with van der Waals surface area (Å²) in [5.74, 6) is -1.80. The predicted octanol–water partition coefficient (Wildman–Crippen LogP) is 5.04. The first-order valence-electron chi connectivity index (χ1n) is 11.4. The number of sulfone groups is 1. The van der Waals surface area contributed by atoms with Crippen LogP contribution in [0.15, 0.2) is 35.6 Å². The zero-order valence-electron chi connectivity index (χ0n) is 19.8. The summed E-state index contributed by atoms with van der Waals surface area (Å²) in [5, 5.41) is 1.72. The fraction of sp³-hybridized carbons (Fsp3) is 0.435. The van der Waals surface area contributed by atoms with Crippen molar-refractivity contribution in [2.45, 2.75) is 30.0 Å². The molecule has 0 N–H and O–H groups in total. The topological polar surface area (TPSA) is 88.9 Å². The van der Waals surface area contributed by atoms with E-state index in [2.05, 4.69) is 10.1 Å². The first-order chi connectivity index (χ1) is 18.4. The van der Waals surface area contributed by atoms with Gasteiger partial charge in [0.2, 0.25) is 5.91 Å². The van der Waals surface area contributed by atoms with Crippen LogP contribution in [-0.4, -0.2) is 60.7 Å². The van der Waals surface area contributed by atoms with E-state index in [0.29, 0.717) is 6.07 Å². The summed E-state index contributed by atoms with van der Waals surface area (Å²) in [5.41, 5.74) is -8.38. The molecule has 2 fully saturated rings. The molecule has 1 atom stereocenters. The summed E-state index contributed by atoms with van der Waals surface area (Å²) in [6, 6.07) is 3.23. The molecule has 17 heteroatoms. The van der Waals surface area contributed by atoms with Crippen LogP contribution in [0.2, 0.25) is 10.0 Å². The summed E-state index contributed by atoms with van der Waals surface area (Å²) < 4.78 is 121. The number of aromatic nitrogens is 1. The number of hydrogen-bond acceptors (Lipinski definition) is 6. The Kier molecular flexibility index (Phi) is 6.62. The van der Waals surface area contributed by atoms with Crippen LogP contribution in [0.1, 0.15) is 28.8 Å². The normalized spacial score (nSPS) is 24.1. The van der Waals surface area contributed by atoms with E-state index in [4.69, 9.17) is 28.0 Å². The number of nitrogens with zero attached hydrogens (tertiary/aromatic N) is 3. The van der Waals surface area contributed by atoms with E-state index >= 15 is 4.39 Å². The largest absolute Gasteiger partial charge is 0.435 e. The van der Waals surface area contributed by atoms with Crippen molar-refractivity contribution in [2.24, 2.45) is 11.1 Å². The van der Waals surface area contributed by atoms with Gasteiger partial charge in [0.25, 0.3) is 5.60 Å². The van der Waals surface area contributed by atoms with Crippen molar-refractivity contribution >= 4 is 44.7 Å². The number of pyridine rings is 1. The molecule has 216 valence electrons. The Bertz CT molecular complexity index is 1510. The summed E-state index contributed by atoms with van der Waals surface area (Å²) in [6.45, 7) is -0.760. The monoisotopic (exact) mass is 633 g/mol. The van der Waals surface area contributed by atoms with E-state index in [-0.39, 0.29) is 47.6 Å². The molecule has 1 amide bonds. The van der Waals surface area contributed by atoms with E-state index in [0.717, 1.165) is 11.1 Å². The average Bonchev–Trinajstić information content (AvgIpc) is 3.28. The van der Waals surface area contributed by atoms with Gasteiger partial charge >= 0.3 is 12.4 Å². The molecule has 0 bridgehead atoms. The van der Waals surface area contributed by atoms with E-state index in [1.165, 1.54) is 12.1 Å². The lowest BCUT2D eigenvalue weighted by atomic mass is 9.85. The Morgan fingerprint density at radius 3 is 2.25 bits per heavy atom. The average molecular weight is 634 g/mol. The first kappa shape index (κ1) is 28.9. The van der Waals surface area contributed by atoms with Crippen LogP contribution in [0.5, 0.6) is 0 Å². The van der Waals surface area contributed by atoms with Crippen molar-refractivity contribution in [3.8, 4) is 0 Å². The van der Waals surface area contributed by atoms with E-state index in [1.54, 1.807) is 0 Å². The number of amides is 1. The molecule has 3 aliphatic rings. The lowest BCUT2D eigenvalue weighted by Gasteiger charge is -2.46. The summed E-state index contributed by atoms with van der Waals surface area (Å²) in [6.07, 6.45) is -10.4. The van der Waals surface area contributed by atoms with Crippen molar-refractivity contribution in [3.05, 3.63) is 62.9 Å². The maximum atomic E-state index is 15.3. The third kappa shape index (κ3) is 4.79. The third-order valence-electron chi connectivity index (χ3n) is 7.00. The lowest BCUT2D eigenvalue weighted by Crippen LogP contribution is -2.62. The van der Waals surface area contributed by atoms with Gasteiger partial charge in [-0.05, 0) is 24.3 Å². The number of benzene rings is 1. The number of oxime groups is 1. The molecule has 1 aromatic carbocycles.